The maximum Gasteiger partial charge on any atom is 0.242 e. The largest absolute Gasteiger partial charge is 0.373 e. The van der Waals surface area contributed by atoms with Crippen molar-refractivity contribution >= 4 is 11.6 Å². The summed E-state index contributed by atoms with van der Waals surface area (Å²) in [7, 11) is 0. The molecule has 3 nitrogen and oxygen atoms in total. The van der Waals surface area contributed by atoms with Gasteiger partial charge in [-0.25, -0.2) is 0 Å². The first-order chi connectivity index (χ1) is 8.96. The maximum absolute atomic E-state index is 12.1. The molecular formula is C16H24N2O. The third-order valence-corrected chi connectivity index (χ3v) is 3.54. The van der Waals surface area contributed by atoms with Gasteiger partial charge in [0.1, 0.15) is 6.04 Å². The molecule has 1 heterocycles. The highest BCUT2D eigenvalue weighted by molar-refractivity contribution is 5.85. The number of hydrogen-bond donors (Lipinski definition) is 2. The summed E-state index contributed by atoms with van der Waals surface area (Å²) in [5.74, 6) is 0.124. The quantitative estimate of drug-likeness (QED) is 0.877. The maximum atomic E-state index is 12.1. The zero-order chi connectivity index (χ0) is 13.9. The van der Waals surface area contributed by atoms with Crippen LogP contribution in [0.2, 0.25) is 0 Å². The summed E-state index contributed by atoms with van der Waals surface area (Å²) in [5.41, 5.74) is 2.67. The topological polar surface area (TPSA) is 41.1 Å². The van der Waals surface area contributed by atoms with Crippen LogP contribution in [0.15, 0.2) is 24.3 Å². The van der Waals surface area contributed by atoms with Gasteiger partial charge in [-0.2, -0.15) is 0 Å². The number of rotatable bonds is 3. The predicted octanol–water partition coefficient (Wildman–Crippen LogP) is 2.97. The second-order valence-electron chi connectivity index (χ2n) is 6.49. The fourth-order valence-electron chi connectivity index (χ4n) is 2.32. The summed E-state index contributed by atoms with van der Waals surface area (Å²) >= 11 is 0. The van der Waals surface area contributed by atoms with Crippen molar-refractivity contribution in [2.45, 2.75) is 46.1 Å². The zero-order valence-electron chi connectivity index (χ0n) is 12.1. The minimum atomic E-state index is -0.0881. The van der Waals surface area contributed by atoms with E-state index in [0.29, 0.717) is 0 Å². The number of carbonyl (C=O) groups excluding carboxylic acids is 1. The van der Waals surface area contributed by atoms with E-state index in [0.717, 1.165) is 31.5 Å². The van der Waals surface area contributed by atoms with E-state index in [1.807, 2.05) is 18.2 Å². The Balaban J connectivity index is 1.85. The van der Waals surface area contributed by atoms with Gasteiger partial charge in [0, 0.05) is 12.2 Å². The number of carbonyl (C=O) groups is 1. The highest BCUT2D eigenvalue weighted by Gasteiger charge is 2.23. The van der Waals surface area contributed by atoms with Crippen LogP contribution in [0.25, 0.3) is 0 Å². The summed E-state index contributed by atoms with van der Waals surface area (Å²) in [6.07, 6.45) is 2.85. The van der Waals surface area contributed by atoms with Crippen molar-refractivity contribution in [1.29, 1.82) is 0 Å². The Morgan fingerprint density at radius 3 is 2.84 bits per heavy atom. The molecule has 0 spiro atoms. The molecule has 2 N–H and O–H groups in total. The molecule has 0 saturated carbocycles. The Morgan fingerprint density at radius 1 is 1.37 bits per heavy atom. The molecule has 0 bridgehead atoms. The van der Waals surface area contributed by atoms with Gasteiger partial charge < -0.3 is 10.6 Å². The lowest BCUT2D eigenvalue weighted by molar-refractivity contribution is -0.122. The lowest BCUT2D eigenvalue weighted by Gasteiger charge is -2.26. The molecule has 2 rings (SSSR count). The lowest BCUT2D eigenvalue weighted by Crippen LogP contribution is -2.42. The number of hydrogen-bond acceptors (Lipinski definition) is 2. The highest BCUT2D eigenvalue weighted by atomic mass is 16.2. The van der Waals surface area contributed by atoms with Crippen LogP contribution in [-0.4, -0.2) is 18.5 Å². The van der Waals surface area contributed by atoms with Crippen LogP contribution in [0.3, 0.4) is 0 Å². The molecule has 0 aromatic heterocycles. The van der Waals surface area contributed by atoms with Gasteiger partial charge in [0.15, 0.2) is 0 Å². The van der Waals surface area contributed by atoms with Crippen LogP contribution in [0.1, 0.15) is 39.2 Å². The van der Waals surface area contributed by atoms with Gasteiger partial charge in [-0.15, -0.1) is 0 Å². The van der Waals surface area contributed by atoms with Crippen LogP contribution in [-0.2, 0) is 11.2 Å². The Labute approximate surface area is 115 Å². The second-order valence-corrected chi connectivity index (χ2v) is 6.49. The number of nitrogens with one attached hydrogen (secondary N) is 2. The highest BCUT2D eigenvalue weighted by Crippen LogP contribution is 2.24. The SMILES string of the molecule is CC(C)(C)CCNC(=O)C1CCc2ccccc2N1. The first kappa shape index (κ1) is 13.9. The summed E-state index contributed by atoms with van der Waals surface area (Å²) in [5, 5.41) is 6.37. The van der Waals surface area contributed by atoms with Gasteiger partial charge in [-0.3, -0.25) is 4.79 Å². The van der Waals surface area contributed by atoms with Crippen LogP contribution < -0.4 is 10.6 Å². The molecule has 0 radical (unpaired) electrons. The van der Waals surface area contributed by atoms with Crippen LogP contribution in [0.4, 0.5) is 5.69 Å². The third kappa shape index (κ3) is 3.98. The molecule has 1 amide bonds. The zero-order valence-corrected chi connectivity index (χ0v) is 12.1. The fourth-order valence-corrected chi connectivity index (χ4v) is 2.32. The molecule has 1 unspecified atom stereocenters. The van der Waals surface area contributed by atoms with E-state index in [9.17, 15) is 4.79 Å². The number of fused-ring (bicyclic) bond motifs is 1. The van der Waals surface area contributed by atoms with E-state index < -0.39 is 0 Å². The van der Waals surface area contributed by atoms with Crippen molar-refractivity contribution in [2.75, 3.05) is 11.9 Å². The van der Waals surface area contributed by atoms with E-state index in [1.54, 1.807) is 0 Å². The van der Waals surface area contributed by atoms with Gasteiger partial charge in [-0.1, -0.05) is 39.0 Å². The number of anilines is 1. The smallest absolute Gasteiger partial charge is 0.242 e. The summed E-state index contributed by atoms with van der Waals surface area (Å²) in [6.45, 7) is 7.32. The number of benzene rings is 1. The fraction of sp³-hybridized carbons (Fsp3) is 0.562. The van der Waals surface area contributed by atoms with Gasteiger partial charge in [-0.05, 0) is 36.3 Å². The first-order valence-corrected chi connectivity index (χ1v) is 7.08. The molecule has 0 aliphatic carbocycles. The van der Waals surface area contributed by atoms with Crippen molar-refractivity contribution in [1.82, 2.24) is 5.32 Å². The Bertz CT molecular complexity index is 448. The van der Waals surface area contributed by atoms with Crippen molar-refractivity contribution in [3.63, 3.8) is 0 Å². The van der Waals surface area contributed by atoms with Crippen molar-refractivity contribution in [3.05, 3.63) is 29.8 Å². The molecule has 3 heteroatoms. The molecule has 1 aromatic carbocycles. The third-order valence-electron chi connectivity index (χ3n) is 3.54. The number of aryl methyl sites for hydroxylation is 1. The molecular weight excluding hydrogens is 236 g/mol. The van der Waals surface area contributed by atoms with Crippen molar-refractivity contribution in [2.24, 2.45) is 5.41 Å². The standard InChI is InChI=1S/C16H24N2O/c1-16(2,3)10-11-17-15(19)14-9-8-12-6-4-5-7-13(12)18-14/h4-7,14,18H,8-11H2,1-3H3,(H,17,19). The van der Waals surface area contributed by atoms with Gasteiger partial charge >= 0.3 is 0 Å². The average molecular weight is 260 g/mol. The molecule has 1 aromatic rings. The number of para-hydroxylation sites is 1. The number of amides is 1. The van der Waals surface area contributed by atoms with Crippen LogP contribution in [0, 0.1) is 5.41 Å². The minimum absolute atomic E-state index is 0.0881. The van der Waals surface area contributed by atoms with Crippen LogP contribution in [0.5, 0.6) is 0 Å². The minimum Gasteiger partial charge on any atom is -0.373 e. The van der Waals surface area contributed by atoms with E-state index in [4.69, 9.17) is 0 Å². The van der Waals surface area contributed by atoms with E-state index in [-0.39, 0.29) is 17.4 Å². The van der Waals surface area contributed by atoms with Gasteiger partial charge in [0.2, 0.25) is 5.91 Å². The second kappa shape index (κ2) is 5.64. The van der Waals surface area contributed by atoms with Crippen LogP contribution >= 0.6 is 0 Å². The normalized spacial score (nSPS) is 18.4. The molecule has 19 heavy (non-hydrogen) atoms. The van der Waals surface area contributed by atoms with E-state index in [2.05, 4.69) is 37.5 Å². The van der Waals surface area contributed by atoms with Crippen molar-refractivity contribution in [3.8, 4) is 0 Å². The first-order valence-electron chi connectivity index (χ1n) is 7.08. The van der Waals surface area contributed by atoms with Crippen molar-refractivity contribution < 1.29 is 4.79 Å². The molecule has 1 aliphatic heterocycles. The molecule has 0 saturated heterocycles. The lowest BCUT2D eigenvalue weighted by atomic mass is 9.92. The van der Waals surface area contributed by atoms with E-state index >= 15 is 0 Å². The van der Waals surface area contributed by atoms with E-state index in [1.165, 1.54) is 5.56 Å². The molecule has 0 fully saturated rings. The summed E-state index contributed by atoms with van der Waals surface area (Å²) in [6, 6.07) is 8.13. The van der Waals surface area contributed by atoms with Gasteiger partial charge in [0.25, 0.3) is 0 Å². The Morgan fingerprint density at radius 2 is 2.11 bits per heavy atom. The Hall–Kier alpha value is -1.51. The molecule has 104 valence electrons. The van der Waals surface area contributed by atoms with Gasteiger partial charge in [0.05, 0.1) is 0 Å². The Kier molecular flexibility index (Phi) is 4.13. The average Bonchev–Trinajstić information content (AvgIpc) is 2.36. The predicted molar refractivity (Wildman–Crippen MR) is 79.3 cm³/mol. The summed E-state index contributed by atoms with van der Waals surface area (Å²) in [4.78, 5) is 12.1. The monoisotopic (exact) mass is 260 g/mol. The molecule has 1 aliphatic rings. The molecule has 1 atom stereocenters. The summed E-state index contributed by atoms with van der Waals surface area (Å²) < 4.78 is 0.